The second-order valence-electron chi connectivity index (χ2n) is 8.46. The van der Waals surface area contributed by atoms with Gasteiger partial charge in [0.2, 0.25) is 17.7 Å². The normalized spacial score (nSPS) is 22.0. The number of rotatable bonds is 6. The molecule has 1 saturated carbocycles. The Balaban J connectivity index is 1.71. The molecule has 8 nitrogen and oxygen atoms in total. The number of ether oxygens (including phenoxy) is 2. The van der Waals surface area contributed by atoms with E-state index in [0.717, 1.165) is 37.0 Å². The van der Waals surface area contributed by atoms with Crippen molar-refractivity contribution < 1.29 is 23.9 Å². The summed E-state index contributed by atoms with van der Waals surface area (Å²) in [5, 5.41) is 3.00. The second-order valence-corrected chi connectivity index (χ2v) is 8.46. The number of hydrogen-bond donors (Lipinski definition) is 1. The molecule has 3 rings (SSSR count). The standard InChI is InChI=1S/C24H35N3O5/c1-31-17-23(29)27-16-15-26(14-13-25-24(30)19-8-4-5-9-20(19)27)22(28)12-11-18-7-3-6-10-21(18)32-2/h3,6-7,10,19-20H,4-5,8-9,11-17H2,1-2H3,(H,25,30)/t19-,20+/m0/s1. The summed E-state index contributed by atoms with van der Waals surface area (Å²) in [6.45, 7) is 1.69. The molecule has 2 atom stereocenters. The minimum Gasteiger partial charge on any atom is -0.496 e. The molecule has 0 unspecified atom stereocenters. The largest absolute Gasteiger partial charge is 0.496 e. The number of nitrogens with one attached hydrogen (secondary N) is 1. The average Bonchev–Trinajstić information content (AvgIpc) is 2.81. The van der Waals surface area contributed by atoms with Crippen LogP contribution in [-0.2, 0) is 25.5 Å². The van der Waals surface area contributed by atoms with Crippen molar-refractivity contribution in [3.05, 3.63) is 29.8 Å². The van der Waals surface area contributed by atoms with Crippen molar-refractivity contribution >= 4 is 17.7 Å². The van der Waals surface area contributed by atoms with Gasteiger partial charge >= 0.3 is 0 Å². The van der Waals surface area contributed by atoms with Gasteiger partial charge in [-0.3, -0.25) is 14.4 Å². The predicted octanol–water partition coefficient (Wildman–Crippen LogP) is 1.62. The highest BCUT2D eigenvalue weighted by Gasteiger charge is 2.37. The first-order chi connectivity index (χ1) is 15.5. The van der Waals surface area contributed by atoms with Crippen LogP contribution >= 0.6 is 0 Å². The van der Waals surface area contributed by atoms with E-state index in [-0.39, 0.29) is 36.3 Å². The third kappa shape index (κ3) is 6.00. The first kappa shape index (κ1) is 24.0. The molecule has 1 N–H and O–H groups in total. The zero-order valence-electron chi connectivity index (χ0n) is 19.2. The average molecular weight is 446 g/mol. The van der Waals surface area contributed by atoms with E-state index in [9.17, 15) is 14.4 Å². The monoisotopic (exact) mass is 445 g/mol. The molecule has 3 amide bonds. The van der Waals surface area contributed by atoms with E-state index in [4.69, 9.17) is 9.47 Å². The molecule has 2 fully saturated rings. The Kier molecular flexibility index (Phi) is 8.90. The molecular formula is C24H35N3O5. The van der Waals surface area contributed by atoms with Gasteiger partial charge in [0.05, 0.1) is 13.0 Å². The van der Waals surface area contributed by atoms with Crippen LogP contribution in [0.25, 0.3) is 0 Å². The topological polar surface area (TPSA) is 88.2 Å². The van der Waals surface area contributed by atoms with Crippen LogP contribution in [0.2, 0.25) is 0 Å². The lowest BCUT2D eigenvalue weighted by Crippen LogP contribution is -2.56. The summed E-state index contributed by atoms with van der Waals surface area (Å²) in [5.74, 6) is 0.433. The molecule has 1 saturated heterocycles. The Bertz CT molecular complexity index is 800. The summed E-state index contributed by atoms with van der Waals surface area (Å²) in [4.78, 5) is 42.3. The molecule has 1 aromatic carbocycles. The van der Waals surface area contributed by atoms with Gasteiger partial charge in [-0.1, -0.05) is 31.0 Å². The summed E-state index contributed by atoms with van der Waals surface area (Å²) in [6.07, 6.45) is 4.49. The molecule has 1 heterocycles. The van der Waals surface area contributed by atoms with Crippen LogP contribution in [0.3, 0.4) is 0 Å². The van der Waals surface area contributed by atoms with Gasteiger partial charge < -0.3 is 24.6 Å². The maximum Gasteiger partial charge on any atom is 0.248 e. The maximum atomic E-state index is 13.0. The first-order valence-corrected chi connectivity index (χ1v) is 11.5. The molecule has 1 aliphatic heterocycles. The number of amides is 3. The molecule has 0 spiro atoms. The number of aryl methyl sites for hydroxylation is 1. The summed E-state index contributed by atoms with van der Waals surface area (Å²) in [6, 6.07) is 7.54. The van der Waals surface area contributed by atoms with Crippen LogP contribution in [0.5, 0.6) is 5.75 Å². The van der Waals surface area contributed by atoms with Gasteiger partial charge in [-0.15, -0.1) is 0 Å². The van der Waals surface area contributed by atoms with E-state index in [1.165, 1.54) is 7.11 Å². The van der Waals surface area contributed by atoms with E-state index < -0.39 is 0 Å². The van der Waals surface area contributed by atoms with Gasteiger partial charge in [-0.25, -0.2) is 0 Å². The number of carbonyl (C=O) groups excluding carboxylic acids is 3. The summed E-state index contributed by atoms with van der Waals surface area (Å²) >= 11 is 0. The summed E-state index contributed by atoms with van der Waals surface area (Å²) in [7, 11) is 3.12. The van der Waals surface area contributed by atoms with E-state index in [2.05, 4.69) is 5.32 Å². The van der Waals surface area contributed by atoms with Crippen LogP contribution in [-0.4, -0.2) is 80.6 Å². The molecule has 1 aliphatic carbocycles. The minimum atomic E-state index is -0.197. The number of nitrogens with zero attached hydrogens (tertiary/aromatic N) is 2. The smallest absolute Gasteiger partial charge is 0.248 e. The van der Waals surface area contributed by atoms with Gasteiger partial charge in [0, 0.05) is 45.8 Å². The predicted molar refractivity (Wildman–Crippen MR) is 120 cm³/mol. The number of fused-ring (bicyclic) bond motifs is 1. The third-order valence-corrected chi connectivity index (χ3v) is 6.50. The van der Waals surface area contributed by atoms with E-state index in [1.807, 2.05) is 24.3 Å². The fourth-order valence-electron chi connectivity index (χ4n) is 4.82. The summed E-state index contributed by atoms with van der Waals surface area (Å²) in [5.41, 5.74) is 0.986. The molecule has 1 aromatic rings. The van der Waals surface area contributed by atoms with Crippen molar-refractivity contribution in [2.24, 2.45) is 5.92 Å². The Morgan fingerprint density at radius 3 is 2.62 bits per heavy atom. The van der Waals surface area contributed by atoms with Crippen LogP contribution in [0.1, 0.15) is 37.7 Å². The van der Waals surface area contributed by atoms with E-state index in [0.29, 0.717) is 39.0 Å². The summed E-state index contributed by atoms with van der Waals surface area (Å²) < 4.78 is 10.5. The number of hydrogen-bond acceptors (Lipinski definition) is 5. The molecule has 0 radical (unpaired) electrons. The van der Waals surface area contributed by atoms with Gasteiger partial charge in [0.25, 0.3) is 0 Å². The third-order valence-electron chi connectivity index (χ3n) is 6.50. The van der Waals surface area contributed by atoms with Crippen LogP contribution < -0.4 is 10.1 Å². The number of methoxy groups -OCH3 is 2. The first-order valence-electron chi connectivity index (χ1n) is 11.5. The van der Waals surface area contributed by atoms with Crippen LogP contribution in [0.4, 0.5) is 0 Å². The van der Waals surface area contributed by atoms with Crippen LogP contribution in [0, 0.1) is 5.92 Å². The van der Waals surface area contributed by atoms with Gasteiger partial charge in [0.1, 0.15) is 12.4 Å². The maximum absolute atomic E-state index is 13.0. The van der Waals surface area contributed by atoms with Gasteiger partial charge in [0.15, 0.2) is 0 Å². The number of para-hydroxylation sites is 1. The van der Waals surface area contributed by atoms with E-state index >= 15 is 0 Å². The van der Waals surface area contributed by atoms with Crippen molar-refractivity contribution in [1.82, 2.24) is 15.1 Å². The van der Waals surface area contributed by atoms with Gasteiger partial charge in [-0.2, -0.15) is 0 Å². The number of benzene rings is 1. The molecule has 8 heteroatoms. The highest BCUT2D eigenvalue weighted by Crippen LogP contribution is 2.29. The van der Waals surface area contributed by atoms with Crippen LogP contribution in [0.15, 0.2) is 24.3 Å². The lowest BCUT2D eigenvalue weighted by Gasteiger charge is -2.41. The van der Waals surface area contributed by atoms with Crippen molar-refractivity contribution in [3.8, 4) is 5.75 Å². The molecule has 0 aromatic heterocycles. The molecule has 0 bridgehead atoms. The Morgan fingerprint density at radius 2 is 1.84 bits per heavy atom. The second kappa shape index (κ2) is 11.9. The van der Waals surface area contributed by atoms with Crippen molar-refractivity contribution in [2.45, 2.75) is 44.6 Å². The van der Waals surface area contributed by atoms with Crippen molar-refractivity contribution in [1.29, 1.82) is 0 Å². The zero-order chi connectivity index (χ0) is 22.9. The quantitative estimate of drug-likeness (QED) is 0.719. The Morgan fingerprint density at radius 1 is 1.06 bits per heavy atom. The molecule has 32 heavy (non-hydrogen) atoms. The van der Waals surface area contributed by atoms with E-state index in [1.54, 1.807) is 16.9 Å². The Hall–Kier alpha value is -2.61. The lowest BCUT2D eigenvalue weighted by molar-refractivity contribution is -0.144. The van der Waals surface area contributed by atoms with Crippen molar-refractivity contribution in [2.75, 3.05) is 47.0 Å². The molecule has 2 aliphatic rings. The Labute approximate surface area is 190 Å². The number of carbonyl (C=O) groups is 3. The fourth-order valence-corrected chi connectivity index (χ4v) is 4.82. The fraction of sp³-hybridized carbons (Fsp3) is 0.625. The highest BCUT2D eigenvalue weighted by atomic mass is 16.5. The van der Waals surface area contributed by atoms with Gasteiger partial charge in [-0.05, 0) is 30.9 Å². The van der Waals surface area contributed by atoms with Crippen molar-refractivity contribution in [3.63, 3.8) is 0 Å². The lowest BCUT2D eigenvalue weighted by atomic mass is 9.82. The molecular weight excluding hydrogens is 410 g/mol. The minimum absolute atomic E-state index is 0.00469. The molecule has 176 valence electrons. The SMILES string of the molecule is COCC(=O)N1CCN(C(=O)CCc2ccccc2OC)CCNC(=O)[C@H]2CCCC[C@H]21. The zero-order valence-corrected chi connectivity index (χ0v) is 19.2. The highest BCUT2D eigenvalue weighted by molar-refractivity contribution is 5.83.